The highest BCUT2D eigenvalue weighted by molar-refractivity contribution is 5.75. The first-order valence-corrected chi connectivity index (χ1v) is 5.72. The van der Waals surface area contributed by atoms with Crippen LogP contribution < -0.4 is 5.73 Å². The normalized spacial score (nSPS) is 17.8. The van der Waals surface area contributed by atoms with E-state index in [-0.39, 0.29) is 0 Å². The number of carboxylic acids is 1. The molecule has 3 N–H and O–H groups in total. The van der Waals surface area contributed by atoms with Gasteiger partial charge in [0.1, 0.15) is 5.92 Å². The van der Waals surface area contributed by atoms with E-state index in [1.165, 1.54) is 0 Å². The van der Waals surface area contributed by atoms with Crippen molar-refractivity contribution in [3.05, 3.63) is 17.0 Å². The van der Waals surface area contributed by atoms with Gasteiger partial charge in [-0.05, 0) is 20.0 Å². The van der Waals surface area contributed by atoms with Crippen LogP contribution in [-0.2, 0) is 17.8 Å². The molecule has 2 rings (SSSR count). The number of aromatic nitrogens is 1. The van der Waals surface area contributed by atoms with E-state index in [2.05, 4.69) is 10.1 Å². The maximum Gasteiger partial charge on any atom is 0.314 e. The first-order valence-electron chi connectivity index (χ1n) is 5.72. The van der Waals surface area contributed by atoms with Gasteiger partial charge in [-0.3, -0.25) is 4.79 Å². The van der Waals surface area contributed by atoms with Crippen molar-refractivity contribution in [3.8, 4) is 0 Å². The summed E-state index contributed by atoms with van der Waals surface area (Å²) in [6.45, 7) is 1.94. The molecule has 0 bridgehead atoms. The molecular formula is C11H17N3O3. The molecule has 0 amide bonds. The standard InChI is InChI=1S/C11H17N3O3/c1-14-5-3-9-8(6-14)10(17-13-9)7(2-4-12)11(15)16/h7H,2-6,12H2,1H3,(H,15,16). The van der Waals surface area contributed by atoms with Gasteiger partial charge in [0.15, 0.2) is 5.76 Å². The highest BCUT2D eigenvalue weighted by Gasteiger charge is 2.30. The smallest absolute Gasteiger partial charge is 0.314 e. The molecule has 0 radical (unpaired) electrons. The molecule has 1 unspecified atom stereocenters. The van der Waals surface area contributed by atoms with Crippen LogP contribution in [0.3, 0.4) is 0 Å². The van der Waals surface area contributed by atoms with Crippen molar-refractivity contribution in [1.82, 2.24) is 10.1 Å². The Labute approximate surface area is 99.4 Å². The topological polar surface area (TPSA) is 92.6 Å². The van der Waals surface area contributed by atoms with E-state index in [1.807, 2.05) is 7.05 Å². The number of fused-ring (bicyclic) bond motifs is 1. The van der Waals surface area contributed by atoms with Crippen molar-refractivity contribution in [2.75, 3.05) is 20.1 Å². The third-order valence-corrected chi connectivity index (χ3v) is 3.13. The van der Waals surface area contributed by atoms with Crippen molar-refractivity contribution in [2.24, 2.45) is 5.73 Å². The number of rotatable bonds is 4. The Bertz CT molecular complexity index is 416. The molecule has 0 spiro atoms. The van der Waals surface area contributed by atoms with Crippen molar-refractivity contribution in [2.45, 2.75) is 25.3 Å². The van der Waals surface area contributed by atoms with Crippen LogP contribution in [-0.4, -0.2) is 41.3 Å². The third-order valence-electron chi connectivity index (χ3n) is 3.13. The molecule has 94 valence electrons. The number of carboxylic acid groups (broad SMARTS) is 1. The molecule has 1 aliphatic rings. The number of hydrogen-bond donors (Lipinski definition) is 2. The van der Waals surface area contributed by atoms with Gasteiger partial charge in [-0.25, -0.2) is 0 Å². The summed E-state index contributed by atoms with van der Waals surface area (Å²) >= 11 is 0. The summed E-state index contributed by atoms with van der Waals surface area (Å²) in [4.78, 5) is 13.3. The molecule has 0 aromatic carbocycles. The molecule has 17 heavy (non-hydrogen) atoms. The van der Waals surface area contributed by atoms with Gasteiger partial charge in [-0.1, -0.05) is 5.16 Å². The van der Waals surface area contributed by atoms with E-state index in [0.717, 1.165) is 24.2 Å². The molecular weight excluding hydrogens is 222 g/mol. The fraction of sp³-hybridized carbons (Fsp3) is 0.636. The van der Waals surface area contributed by atoms with Gasteiger partial charge < -0.3 is 20.3 Å². The lowest BCUT2D eigenvalue weighted by Gasteiger charge is -2.22. The summed E-state index contributed by atoms with van der Waals surface area (Å²) in [7, 11) is 2.00. The maximum absolute atomic E-state index is 11.2. The average molecular weight is 239 g/mol. The SMILES string of the molecule is CN1CCc2noc(C(CCN)C(=O)O)c2C1. The second kappa shape index (κ2) is 4.85. The molecule has 2 heterocycles. The predicted octanol–water partition coefficient (Wildman–Crippen LogP) is 0.179. The molecule has 1 aromatic heterocycles. The highest BCUT2D eigenvalue weighted by atomic mass is 16.5. The monoisotopic (exact) mass is 239 g/mol. The Morgan fingerprint density at radius 3 is 3.12 bits per heavy atom. The summed E-state index contributed by atoms with van der Waals surface area (Å²) < 4.78 is 5.23. The fourth-order valence-electron chi connectivity index (χ4n) is 2.18. The summed E-state index contributed by atoms with van der Waals surface area (Å²) in [6, 6.07) is 0. The first-order chi connectivity index (χ1) is 8.13. The Hall–Kier alpha value is -1.40. The van der Waals surface area contributed by atoms with Gasteiger partial charge in [0.2, 0.25) is 0 Å². The van der Waals surface area contributed by atoms with Crippen LogP contribution in [0, 0.1) is 0 Å². The zero-order valence-electron chi connectivity index (χ0n) is 9.85. The summed E-state index contributed by atoms with van der Waals surface area (Å²) in [5, 5.41) is 13.2. The Morgan fingerprint density at radius 1 is 1.71 bits per heavy atom. The summed E-state index contributed by atoms with van der Waals surface area (Å²) in [5.41, 5.74) is 7.26. The van der Waals surface area contributed by atoms with Crippen molar-refractivity contribution in [3.63, 3.8) is 0 Å². The Kier molecular flexibility index (Phi) is 3.44. The molecule has 6 nitrogen and oxygen atoms in total. The molecule has 1 aromatic rings. The molecule has 1 aliphatic heterocycles. The van der Waals surface area contributed by atoms with E-state index in [4.69, 9.17) is 10.3 Å². The van der Waals surface area contributed by atoms with Crippen LogP contribution in [0.1, 0.15) is 29.4 Å². The van der Waals surface area contributed by atoms with Gasteiger partial charge in [-0.2, -0.15) is 0 Å². The van der Waals surface area contributed by atoms with Crippen molar-refractivity contribution >= 4 is 5.97 Å². The molecule has 1 atom stereocenters. The minimum absolute atomic E-state index is 0.322. The largest absolute Gasteiger partial charge is 0.481 e. The van der Waals surface area contributed by atoms with Crippen molar-refractivity contribution in [1.29, 1.82) is 0 Å². The second-order valence-corrected chi connectivity index (χ2v) is 4.43. The maximum atomic E-state index is 11.2. The van der Waals surface area contributed by atoms with E-state index < -0.39 is 11.9 Å². The van der Waals surface area contributed by atoms with Crippen LogP contribution in [0.4, 0.5) is 0 Å². The van der Waals surface area contributed by atoms with E-state index in [1.54, 1.807) is 0 Å². The number of nitrogens with two attached hydrogens (primary N) is 1. The summed E-state index contributed by atoms with van der Waals surface area (Å²) in [5.74, 6) is -1.10. The second-order valence-electron chi connectivity index (χ2n) is 4.43. The number of likely N-dealkylation sites (N-methyl/N-ethyl adjacent to an activating group) is 1. The lowest BCUT2D eigenvalue weighted by atomic mass is 9.95. The van der Waals surface area contributed by atoms with E-state index in [9.17, 15) is 9.90 Å². The van der Waals surface area contributed by atoms with Gasteiger partial charge in [0.25, 0.3) is 0 Å². The van der Waals surface area contributed by atoms with Gasteiger partial charge in [0, 0.05) is 25.1 Å². The van der Waals surface area contributed by atoms with Crippen LogP contribution in [0.2, 0.25) is 0 Å². The van der Waals surface area contributed by atoms with Crippen molar-refractivity contribution < 1.29 is 14.4 Å². The molecule has 0 saturated heterocycles. The van der Waals surface area contributed by atoms with Gasteiger partial charge in [-0.15, -0.1) is 0 Å². The van der Waals surface area contributed by atoms with Crippen LogP contribution in [0.15, 0.2) is 4.52 Å². The minimum Gasteiger partial charge on any atom is -0.481 e. The van der Waals surface area contributed by atoms with E-state index >= 15 is 0 Å². The lowest BCUT2D eigenvalue weighted by molar-refractivity contribution is -0.139. The first kappa shape index (κ1) is 12.1. The molecule has 6 heteroatoms. The van der Waals surface area contributed by atoms with Gasteiger partial charge in [0.05, 0.1) is 5.69 Å². The molecule has 0 fully saturated rings. The van der Waals surface area contributed by atoms with E-state index in [0.29, 0.717) is 25.3 Å². The average Bonchev–Trinajstić information content (AvgIpc) is 2.68. The number of aliphatic carboxylic acids is 1. The zero-order chi connectivity index (χ0) is 12.4. The number of carbonyl (C=O) groups is 1. The third kappa shape index (κ3) is 2.32. The quantitative estimate of drug-likeness (QED) is 0.778. The predicted molar refractivity (Wildman–Crippen MR) is 60.6 cm³/mol. The van der Waals surface area contributed by atoms with Crippen LogP contribution >= 0.6 is 0 Å². The Morgan fingerprint density at radius 2 is 2.47 bits per heavy atom. The molecule has 0 aliphatic carbocycles. The van der Waals surface area contributed by atoms with Gasteiger partial charge >= 0.3 is 5.97 Å². The minimum atomic E-state index is -0.900. The molecule has 0 saturated carbocycles. The summed E-state index contributed by atoms with van der Waals surface area (Å²) in [6.07, 6.45) is 1.19. The highest BCUT2D eigenvalue weighted by Crippen LogP contribution is 2.29. The number of hydrogen-bond acceptors (Lipinski definition) is 5. The zero-order valence-corrected chi connectivity index (χ0v) is 9.85. The van der Waals surface area contributed by atoms with Crippen LogP contribution in [0.25, 0.3) is 0 Å². The lowest BCUT2D eigenvalue weighted by Crippen LogP contribution is -2.27. The number of nitrogens with zero attached hydrogens (tertiary/aromatic N) is 2. The Balaban J connectivity index is 2.31. The fourth-order valence-corrected chi connectivity index (χ4v) is 2.18. The van der Waals surface area contributed by atoms with Crippen LogP contribution in [0.5, 0.6) is 0 Å².